The van der Waals surface area contributed by atoms with Crippen LogP contribution in [-0.2, 0) is 4.79 Å². The van der Waals surface area contributed by atoms with E-state index in [-0.39, 0.29) is 16.9 Å². The average molecular weight is 420 g/mol. The average Bonchev–Trinajstić information content (AvgIpc) is 2.74. The Morgan fingerprint density at radius 1 is 1.10 bits per heavy atom. The molecule has 1 aromatic heterocycles. The van der Waals surface area contributed by atoms with Gasteiger partial charge in [0, 0.05) is 29.3 Å². The summed E-state index contributed by atoms with van der Waals surface area (Å²) in [5.41, 5.74) is 6.16. The number of aromatic nitrogens is 1. The van der Waals surface area contributed by atoms with Crippen LogP contribution in [0.4, 0.5) is 11.4 Å². The van der Waals surface area contributed by atoms with Gasteiger partial charge in [-0.1, -0.05) is 30.0 Å². The van der Waals surface area contributed by atoms with Gasteiger partial charge in [0.25, 0.3) is 11.6 Å². The Kier molecular flexibility index (Phi) is 6.56. The summed E-state index contributed by atoms with van der Waals surface area (Å²) in [6.45, 7) is 0. The largest absolute Gasteiger partial charge is 0.366 e. The highest BCUT2D eigenvalue weighted by Crippen LogP contribution is 2.32. The molecule has 0 aliphatic carbocycles. The molecule has 150 valence electrons. The van der Waals surface area contributed by atoms with E-state index in [4.69, 9.17) is 5.73 Å². The van der Waals surface area contributed by atoms with Gasteiger partial charge >= 0.3 is 0 Å². The lowest BCUT2D eigenvalue weighted by Gasteiger charge is -2.07. The van der Waals surface area contributed by atoms with Gasteiger partial charge in [-0.2, -0.15) is 0 Å². The van der Waals surface area contributed by atoms with Crippen molar-refractivity contribution in [2.24, 2.45) is 5.73 Å². The molecule has 0 saturated heterocycles. The van der Waals surface area contributed by atoms with Crippen molar-refractivity contribution in [1.29, 1.82) is 0 Å². The lowest BCUT2D eigenvalue weighted by atomic mass is 10.1. The number of nitrogens with one attached hydrogen (secondary N) is 1. The van der Waals surface area contributed by atoms with E-state index in [9.17, 15) is 19.7 Å². The molecule has 3 aromatic rings. The number of hydrogen-bond donors (Lipinski definition) is 2. The summed E-state index contributed by atoms with van der Waals surface area (Å²) >= 11 is 1.32. The summed E-state index contributed by atoms with van der Waals surface area (Å²) in [5.74, 6) is -1.17. The van der Waals surface area contributed by atoms with Crippen molar-refractivity contribution in [2.75, 3.05) is 5.32 Å². The van der Waals surface area contributed by atoms with Crippen molar-refractivity contribution in [2.45, 2.75) is 9.92 Å². The van der Waals surface area contributed by atoms with Crippen molar-refractivity contribution in [3.63, 3.8) is 0 Å². The lowest BCUT2D eigenvalue weighted by molar-refractivity contribution is -0.384. The highest BCUT2D eigenvalue weighted by molar-refractivity contribution is 7.99. The Hall–Kier alpha value is -3.98. The third-order valence-corrected chi connectivity index (χ3v) is 4.96. The fraction of sp³-hybridized carbons (Fsp3) is 0. The first-order chi connectivity index (χ1) is 14.4. The number of nitro benzene ring substituents is 1. The minimum absolute atomic E-state index is 0.0977. The summed E-state index contributed by atoms with van der Waals surface area (Å²) in [6, 6.07) is 16.2. The fourth-order valence-corrected chi connectivity index (χ4v) is 3.41. The van der Waals surface area contributed by atoms with Crippen LogP contribution < -0.4 is 11.1 Å². The maximum atomic E-state index is 12.3. The molecule has 30 heavy (non-hydrogen) atoms. The van der Waals surface area contributed by atoms with Crippen LogP contribution in [-0.4, -0.2) is 21.7 Å². The Bertz CT molecular complexity index is 1130. The third kappa shape index (κ3) is 5.30. The van der Waals surface area contributed by atoms with Gasteiger partial charge in [0.1, 0.15) is 5.03 Å². The molecule has 0 radical (unpaired) electrons. The molecule has 2 amide bonds. The Morgan fingerprint density at radius 3 is 2.57 bits per heavy atom. The summed E-state index contributed by atoms with van der Waals surface area (Å²) in [5, 5.41) is 14.4. The maximum absolute atomic E-state index is 12.3. The highest BCUT2D eigenvalue weighted by atomic mass is 32.2. The van der Waals surface area contributed by atoms with Gasteiger partial charge in [0.15, 0.2) is 0 Å². The number of nitrogens with two attached hydrogens (primary N) is 1. The minimum Gasteiger partial charge on any atom is -0.366 e. The number of carbonyl (C=O) groups excluding carboxylic acids is 2. The van der Waals surface area contributed by atoms with Gasteiger partial charge in [-0.3, -0.25) is 19.7 Å². The zero-order valence-electron chi connectivity index (χ0n) is 15.5. The molecule has 0 atom stereocenters. The molecule has 0 unspecified atom stereocenters. The first-order valence-electron chi connectivity index (χ1n) is 8.69. The summed E-state index contributed by atoms with van der Waals surface area (Å²) in [4.78, 5) is 39.4. The molecule has 3 N–H and O–H groups in total. The molecule has 8 nitrogen and oxygen atoms in total. The van der Waals surface area contributed by atoms with E-state index < -0.39 is 16.7 Å². The molecule has 0 fully saturated rings. The molecular formula is C21H16N4O4S. The zero-order valence-corrected chi connectivity index (χ0v) is 16.3. The van der Waals surface area contributed by atoms with E-state index in [0.29, 0.717) is 15.5 Å². The maximum Gasteiger partial charge on any atom is 0.270 e. The Balaban J connectivity index is 1.85. The SMILES string of the molecule is NC(=O)c1ccccc1NC(=O)C=Cc1cc([N+](=O)[O-])ccc1Sc1ccccn1. The second-order valence-electron chi connectivity index (χ2n) is 5.98. The minimum atomic E-state index is -0.664. The van der Waals surface area contributed by atoms with E-state index in [1.165, 1.54) is 42.1 Å². The molecular weight excluding hydrogens is 404 g/mol. The second kappa shape index (κ2) is 9.48. The predicted molar refractivity (Wildman–Crippen MR) is 114 cm³/mol. The molecule has 0 aliphatic rings. The zero-order chi connectivity index (χ0) is 21.5. The van der Waals surface area contributed by atoms with Crippen molar-refractivity contribution in [3.8, 4) is 0 Å². The van der Waals surface area contributed by atoms with Gasteiger partial charge < -0.3 is 11.1 Å². The van der Waals surface area contributed by atoms with Crippen LogP contribution >= 0.6 is 11.8 Å². The van der Waals surface area contributed by atoms with Crippen molar-refractivity contribution in [1.82, 2.24) is 4.98 Å². The second-order valence-corrected chi connectivity index (χ2v) is 7.04. The van der Waals surface area contributed by atoms with E-state index in [1.807, 2.05) is 12.1 Å². The quantitative estimate of drug-likeness (QED) is 0.339. The van der Waals surface area contributed by atoms with Crippen LogP contribution in [0.1, 0.15) is 15.9 Å². The number of hydrogen-bond acceptors (Lipinski definition) is 6. The predicted octanol–water partition coefficient (Wildman–Crippen LogP) is 3.89. The standard InChI is InChI=1S/C21H16N4O4S/c22-21(27)16-5-1-2-6-17(16)24-19(26)11-8-14-13-15(25(28)29)9-10-18(14)30-20-7-3-4-12-23-20/h1-13H,(H2,22,27)(H,24,26). The van der Waals surface area contributed by atoms with E-state index >= 15 is 0 Å². The summed E-state index contributed by atoms with van der Waals surface area (Å²) in [6.07, 6.45) is 4.35. The number of anilines is 1. The number of pyridine rings is 1. The van der Waals surface area contributed by atoms with Crippen molar-refractivity contribution < 1.29 is 14.5 Å². The number of amides is 2. The topological polar surface area (TPSA) is 128 Å². The molecule has 9 heteroatoms. The van der Waals surface area contributed by atoms with Crippen molar-refractivity contribution >= 4 is 41.0 Å². The molecule has 0 saturated carbocycles. The highest BCUT2D eigenvalue weighted by Gasteiger charge is 2.12. The number of rotatable bonds is 7. The molecule has 1 heterocycles. The smallest absolute Gasteiger partial charge is 0.270 e. The molecule has 0 aliphatic heterocycles. The molecule has 3 rings (SSSR count). The van der Waals surface area contributed by atoms with Crippen LogP contribution in [0.5, 0.6) is 0 Å². The number of para-hydroxylation sites is 1. The number of benzene rings is 2. The normalized spacial score (nSPS) is 10.7. The van der Waals surface area contributed by atoms with Gasteiger partial charge in [-0.05, 0) is 42.0 Å². The van der Waals surface area contributed by atoms with Crippen LogP contribution in [0.3, 0.4) is 0 Å². The number of non-ortho nitro benzene ring substituents is 1. The number of carbonyl (C=O) groups is 2. The number of primary amides is 1. The van der Waals surface area contributed by atoms with Crippen LogP contribution in [0.15, 0.2) is 82.9 Å². The summed E-state index contributed by atoms with van der Waals surface area (Å²) in [7, 11) is 0. The Labute approximate surface area is 176 Å². The molecule has 0 bridgehead atoms. The van der Waals surface area contributed by atoms with Crippen molar-refractivity contribution in [3.05, 3.63) is 94.2 Å². The van der Waals surface area contributed by atoms with Gasteiger partial charge in [0.2, 0.25) is 5.91 Å². The van der Waals surface area contributed by atoms with Crippen LogP contribution in [0, 0.1) is 10.1 Å². The molecule has 0 spiro atoms. The van der Waals surface area contributed by atoms with E-state index in [0.717, 1.165) is 0 Å². The van der Waals surface area contributed by atoms with Crippen LogP contribution in [0.25, 0.3) is 6.08 Å². The first kappa shape index (κ1) is 20.7. The first-order valence-corrected chi connectivity index (χ1v) is 9.51. The monoisotopic (exact) mass is 420 g/mol. The van der Waals surface area contributed by atoms with Gasteiger partial charge in [-0.15, -0.1) is 0 Å². The van der Waals surface area contributed by atoms with Crippen LogP contribution in [0.2, 0.25) is 0 Å². The fourth-order valence-electron chi connectivity index (χ4n) is 2.54. The third-order valence-electron chi connectivity index (χ3n) is 3.92. The lowest BCUT2D eigenvalue weighted by Crippen LogP contribution is -2.16. The van der Waals surface area contributed by atoms with Gasteiger partial charge in [0.05, 0.1) is 16.2 Å². The molecule has 2 aromatic carbocycles. The van der Waals surface area contributed by atoms with E-state index in [1.54, 1.807) is 36.5 Å². The van der Waals surface area contributed by atoms with Gasteiger partial charge in [-0.25, -0.2) is 4.98 Å². The Morgan fingerprint density at radius 2 is 1.87 bits per heavy atom. The number of nitrogens with zero attached hydrogens (tertiary/aromatic N) is 2. The van der Waals surface area contributed by atoms with E-state index in [2.05, 4.69) is 10.3 Å². The number of nitro groups is 1. The summed E-state index contributed by atoms with van der Waals surface area (Å²) < 4.78 is 0.